The van der Waals surface area contributed by atoms with Gasteiger partial charge in [-0.25, -0.2) is 0 Å². The van der Waals surface area contributed by atoms with Gasteiger partial charge in [-0.3, -0.25) is 4.79 Å². The van der Waals surface area contributed by atoms with Gasteiger partial charge in [0.05, 0.1) is 19.3 Å². The van der Waals surface area contributed by atoms with E-state index in [-0.39, 0.29) is 12.0 Å². The standard InChI is InChI=1S/C12H24N2O4/c1-10(12(15)14-4-3-6-16-2)18-9-11-8-13-5-7-17-11/h10-11,13H,3-9H2,1-2H3,(H,14,15). The Hall–Kier alpha value is -0.690. The van der Waals surface area contributed by atoms with Gasteiger partial charge in [-0.2, -0.15) is 0 Å². The molecule has 1 rings (SSSR count). The number of morpholine rings is 1. The van der Waals surface area contributed by atoms with Gasteiger partial charge in [0.25, 0.3) is 0 Å². The fraction of sp³-hybridized carbons (Fsp3) is 0.917. The van der Waals surface area contributed by atoms with Crippen LogP contribution in [0.5, 0.6) is 0 Å². The van der Waals surface area contributed by atoms with Gasteiger partial charge in [-0.15, -0.1) is 0 Å². The predicted molar refractivity (Wildman–Crippen MR) is 67.5 cm³/mol. The van der Waals surface area contributed by atoms with Crippen molar-refractivity contribution in [3.05, 3.63) is 0 Å². The Labute approximate surface area is 108 Å². The molecule has 0 aromatic rings. The summed E-state index contributed by atoms with van der Waals surface area (Å²) >= 11 is 0. The van der Waals surface area contributed by atoms with Gasteiger partial charge in [0.15, 0.2) is 0 Å². The first kappa shape index (κ1) is 15.4. The van der Waals surface area contributed by atoms with Crippen molar-refractivity contribution in [3.8, 4) is 0 Å². The van der Waals surface area contributed by atoms with Crippen LogP contribution in [0.1, 0.15) is 13.3 Å². The molecule has 6 nitrogen and oxygen atoms in total. The molecule has 1 heterocycles. The third-order valence-electron chi connectivity index (χ3n) is 2.73. The largest absolute Gasteiger partial charge is 0.385 e. The zero-order chi connectivity index (χ0) is 13.2. The van der Waals surface area contributed by atoms with Crippen LogP contribution in [-0.4, -0.2) is 64.7 Å². The Balaban J connectivity index is 2.07. The van der Waals surface area contributed by atoms with Gasteiger partial charge in [0.1, 0.15) is 6.10 Å². The quantitative estimate of drug-likeness (QED) is 0.578. The van der Waals surface area contributed by atoms with Crippen LogP contribution in [0.25, 0.3) is 0 Å². The molecule has 2 unspecified atom stereocenters. The van der Waals surface area contributed by atoms with Crippen molar-refractivity contribution in [2.75, 3.05) is 46.6 Å². The summed E-state index contributed by atoms with van der Waals surface area (Å²) < 4.78 is 15.9. The Morgan fingerprint density at radius 1 is 1.61 bits per heavy atom. The van der Waals surface area contributed by atoms with Crippen molar-refractivity contribution in [2.45, 2.75) is 25.6 Å². The molecule has 0 saturated carbocycles. The van der Waals surface area contributed by atoms with E-state index >= 15 is 0 Å². The highest BCUT2D eigenvalue weighted by Gasteiger charge is 2.18. The first-order valence-corrected chi connectivity index (χ1v) is 6.44. The number of carbonyl (C=O) groups is 1. The molecule has 0 radical (unpaired) electrons. The predicted octanol–water partition coefficient (Wildman–Crippen LogP) is -0.467. The maximum Gasteiger partial charge on any atom is 0.248 e. The Morgan fingerprint density at radius 3 is 3.11 bits per heavy atom. The number of hydrogen-bond donors (Lipinski definition) is 2. The van der Waals surface area contributed by atoms with Gasteiger partial charge in [-0.1, -0.05) is 0 Å². The lowest BCUT2D eigenvalue weighted by molar-refractivity contribution is -0.135. The summed E-state index contributed by atoms with van der Waals surface area (Å²) in [6.07, 6.45) is 0.408. The highest BCUT2D eigenvalue weighted by Crippen LogP contribution is 2.00. The minimum Gasteiger partial charge on any atom is -0.385 e. The van der Waals surface area contributed by atoms with Gasteiger partial charge in [0.2, 0.25) is 5.91 Å². The van der Waals surface area contributed by atoms with E-state index in [4.69, 9.17) is 14.2 Å². The summed E-state index contributed by atoms with van der Waals surface area (Å²) in [5.41, 5.74) is 0. The number of ether oxygens (including phenoxy) is 3. The molecule has 0 aliphatic carbocycles. The molecule has 0 bridgehead atoms. The SMILES string of the molecule is COCCCNC(=O)C(C)OCC1CNCCO1. The molecule has 1 aliphatic heterocycles. The summed E-state index contributed by atoms with van der Waals surface area (Å²) in [7, 11) is 1.64. The summed E-state index contributed by atoms with van der Waals surface area (Å²) in [5.74, 6) is -0.0881. The highest BCUT2D eigenvalue weighted by atomic mass is 16.5. The molecule has 1 amide bonds. The number of methoxy groups -OCH3 is 1. The third kappa shape index (κ3) is 6.30. The highest BCUT2D eigenvalue weighted by molar-refractivity contribution is 5.80. The maximum atomic E-state index is 11.6. The third-order valence-corrected chi connectivity index (χ3v) is 2.73. The Kier molecular flexibility index (Phi) is 7.91. The average molecular weight is 260 g/mol. The van der Waals surface area contributed by atoms with Crippen molar-refractivity contribution >= 4 is 5.91 Å². The van der Waals surface area contributed by atoms with Crippen LogP contribution in [0.2, 0.25) is 0 Å². The van der Waals surface area contributed by atoms with Gasteiger partial charge in [-0.05, 0) is 13.3 Å². The molecule has 0 aromatic carbocycles. The van der Waals surface area contributed by atoms with E-state index < -0.39 is 6.10 Å². The summed E-state index contributed by atoms with van der Waals surface area (Å²) in [4.78, 5) is 11.6. The maximum absolute atomic E-state index is 11.6. The van der Waals surface area contributed by atoms with Crippen LogP contribution in [0.4, 0.5) is 0 Å². The average Bonchev–Trinajstić information content (AvgIpc) is 2.42. The van der Waals surface area contributed by atoms with Crippen molar-refractivity contribution in [3.63, 3.8) is 0 Å². The van der Waals surface area contributed by atoms with Crippen molar-refractivity contribution in [1.29, 1.82) is 0 Å². The van der Waals surface area contributed by atoms with Crippen molar-refractivity contribution in [1.82, 2.24) is 10.6 Å². The van der Waals surface area contributed by atoms with E-state index in [1.165, 1.54) is 0 Å². The molecule has 1 saturated heterocycles. The van der Waals surface area contributed by atoms with Crippen LogP contribution in [-0.2, 0) is 19.0 Å². The molecule has 2 atom stereocenters. The van der Waals surface area contributed by atoms with Crippen LogP contribution < -0.4 is 10.6 Å². The monoisotopic (exact) mass is 260 g/mol. The molecular weight excluding hydrogens is 236 g/mol. The molecule has 106 valence electrons. The number of rotatable bonds is 8. The normalized spacial score (nSPS) is 21.6. The lowest BCUT2D eigenvalue weighted by atomic mass is 10.3. The van der Waals surface area contributed by atoms with Crippen molar-refractivity contribution in [2.24, 2.45) is 0 Å². The Bertz CT molecular complexity index is 232. The van der Waals surface area contributed by atoms with E-state index in [1.807, 2.05) is 0 Å². The van der Waals surface area contributed by atoms with Crippen LogP contribution in [0.15, 0.2) is 0 Å². The number of nitrogens with one attached hydrogen (secondary N) is 2. The number of carbonyl (C=O) groups excluding carboxylic acids is 1. The molecule has 1 fully saturated rings. The molecule has 0 aromatic heterocycles. The van der Waals surface area contributed by atoms with Gasteiger partial charge >= 0.3 is 0 Å². The van der Waals surface area contributed by atoms with E-state index in [1.54, 1.807) is 14.0 Å². The second-order valence-corrected chi connectivity index (χ2v) is 4.31. The summed E-state index contributed by atoms with van der Waals surface area (Å²) in [5, 5.41) is 6.02. The molecular formula is C12H24N2O4. The van der Waals surface area contributed by atoms with Crippen LogP contribution >= 0.6 is 0 Å². The second kappa shape index (κ2) is 9.27. The van der Waals surface area contributed by atoms with Crippen LogP contribution in [0.3, 0.4) is 0 Å². The second-order valence-electron chi connectivity index (χ2n) is 4.31. The van der Waals surface area contributed by atoms with Gasteiger partial charge < -0.3 is 24.8 Å². The lowest BCUT2D eigenvalue weighted by Crippen LogP contribution is -2.43. The topological polar surface area (TPSA) is 68.8 Å². The molecule has 1 aliphatic rings. The fourth-order valence-electron chi connectivity index (χ4n) is 1.63. The van der Waals surface area contributed by atoms with E-state index in [2.05, 4.69) is 10.6 Å². The van der Waals surface area contributed by atoms with Crippen LogP contribution in [0, 0.1) is 0 Å². The zero-order valence-electron chi connectivity index (χ0n) is 11.2. The molecule has 2 N–H and O–H groups in total. The van der Waals surface area contributed by atoms with E-state index in [9.17, 15) is 4.79 Å². The minimum atomic E-state index is -0.446. The number of amides is 1. The first-order valence-electron chi connectivity index (χ1n) is 6.44. The molecule has 18 heavy (non-hydrogen) atoms. The lowest BCUT2D eigenvalue weighted by Gasteiger charge is -2.24. The van der Waals surface area contributed by atoms with Crippen molar-refractivity contribution < 1.29 is 19.0 Å². The smallest absolute Gasteiger partial charge is 0.248 e. The molecule has 6 heteroatoms. The zero-order valence-corrected chi connectivity index (χ0v) is 11.2. The van der Waals surface area contributed by atoms with E-state index in [0.29, 0.717) is 26.4 Å². The first-order chi connectivity index (χ1) is 8.74. The van der Waals surface area contributed by atoms with Gasteiger partial charge in [0, 0.05) is 33.4 Å². The fourth-order valence-corrected chi connectivity index (χ4v) is 1.63. The summed E-state index contributed by atoms with van der Waals surface area (Å²) in [6, 6.07) is 0. The molecule has 0 spiro atoms. The summed E-state index contributed by atoms with van der Waals surface area (Å²) in [6.45, 7) is 5.82. The Morgan fingerprint density at radius 2 is 2.44 bits per heavy atom. The minimum absolute atomic E-state index is 0.0440. The van der Waals surface area contributed by atoms with E-state index in [0.717, 1.165) is 19.5 Å². The number of hydrogen-bond acceptors (Lipinski definition) is 5.